The van der Waals surface area contributed by atoms with E-state index >= 15 is 0 Å². The zero-order valence-corrected chi connectivity index (χ0v) is 12.4. The molecule has 3 heteroatoms. The maximum absolute atomic E-state index is 9.60. The van der Waals surface area contributed by atoms with E-state index in [1.54, 1.807) is 0 Å². The van der Waals surface area contributed by atoms with Crippen molar-refractivity contribution in [2.45, 2.75) is 32.3 Å². The predicted molar refractivity (Wildman–Crippen MR) is 77.8 cm³/mol. The number of aliphatic hydroxyl groups is 1. The summed E-state index contributed by atoms with van der Waals surface area (Å²) >= 11 is 3.65. The molecule has 0 radical (unpaired) electrons. The summed E-state index contributed by atoms with van der Waals surface area (Å²) in [6.07, 6.45) is 3.84. The zero-order valence-electron chi connectivity index (χ0n) is 10.8. The quantitative estimate of drug-likeness (QED) is 0.899. The second-order valence-corrected chi connectivity index (χ2v) is 6.60. The summed E-state index contributed by atoms with van der Waals surface area (Å²) in [5.74, 6) is 1.82. The minimum absolute atomic E-state index is 0.395. The summed E-state index contributed by atoms with van der Waals surface area (Å²) in [6, 6.07) is 6.24. The Labute approximate surface area is 117 Å². The SMILES string of the molecule is C[C@@H](O)c1ccc(N2CC3CCCC3C2)c(Br)c1. The highest BCUT2D eigenvalue weighted by Crippen LogP contribution is 2.41. The maximum atomic E-state index is 9.60. The Bertz CT molecular complexity index is 434. The number of aliphatic hydroxyl groups excluding tert-OH is 1. The predicted octanol–water partition coefficient (Wildman–Crippen LogP) is 3.74. The molecule has 2 aliphatic rings. The molecule has 0 spiro atoms. The van der Waals surface area contributed by atoms with Crippen molar-refractivity contribution in [3.63, 3.8) is 0 Å². The normalized spacial score (nSPS) is 28.5. The van der Waals surface area contributed by atoms with Gasteiger partial charge < -0.3 is 10.0 Å². The number of fused-ring (bicyclic) bond motifs is 1. The Kier molecular flexibility index (Phi) is 3.37. The molecule has 1 N–H and O–H groups in total. The number of rotatable bonds is 2. The van der Waals surface area contributed by atoms with E-state index in [4.69, 9.17) is 0 Å². The van der Waals surface area contributed by atoms with Crippen LogP contribution >= 0.6 is 15.9 Å². The van der Waals surface area contributed by atoms with Gasteiger partial charge in [-0.2, -0.15) is 0 Å². The summed E-state index contributed by atoms with van der Waals surface area (Å²) in [5, 5.41) is 9.60. The van der Waals surface area contributed by atoms with Gasteiger partial charge in [-0.1, -0.05) is 12.5 Å². The molecule has 98 valence electrons. The first kappa shape index (κ1) is 12.5. The van der Waals surface area contributed by atoms with Crippen LogP contribution in [0, 0.1) is 11.8 Å². The molecule has 1 aliphatic heterocycles. The highest BCUT2D eigenvalue weighted by Gasteiger charge is 2.36. The van der Waals surface area contributed by atoms with Gasteiger partial charge in [-0.05, 0) is 65.2 Å². The lowest BCUT2D eigenvalue weighted by molar-refractivity contribution is 0.199. The molecule has 2 unspecified atom stereocenters. The molecule has 1 heterocycles. The van der Waals surface area contributed by atoms with Gasteiger partial charge in [0.15, 0.2) is 0 Å². The molecule has 1 saturated carbocycles. The molecule has 18 heavy (non-hydrogen) atoms. The van der Waals surface area contributed by atoms with Crippen LogP contribution in [0.1, 0.15) is 37.9 Å². The van der Waals surface area contributed by atoms with E-state index in [0.29, 0.717) is 0 Å². The molecule has 0 bridgehead atoms. The van der Waals surface area contributed by atoms with Crippen molar-refractivity contribution in [3.05, 3.63) is 28.2 Å². The number of anilines is 1. The van der Waals surface area contributed by atoms with Crippen LogP contribution in [0.2, 0.25) is 0 Å². The number of halogens is 1. The molecule has 2 nitrogen and oxygen atoms in total. The van der Waals surface area contributed by atoms with Gasteiger partial charge in [-0.25, -0.2) is 0 Å². The van der Waals surface area contributed by atoms with Gasteiger partial charge in [0.05, 0.1) is 11.8 Å². The van der Waals surface area contributed by atoms with Gasteiger partial charge in [-0.3, -0.25) is 0 Å². The van der Waals surface area contributed by atoms with Crippen LogP contribution in [0.4, 0.5) is 5.69 Å². The van der Waals surface area contributed by atoms with Crippen LogP contribution in [0.25, 0.3) is 0 Å². The molecule has 3 rings (SSSR count). The fraction of sp³-hybridized carbons (Fsp3) is 0.600. The minimum Gasteiger partial charge on any atom is -0.389 e. The standard InChI is InChI=1S/C15H20BrNO/c1-10(18)11-5-6-15(14(16)7-11)17-8-12-3-2-4-13(12)9-17/h5-7,10,12-13,18H,2-4,8-9H2,1H3/t10-,12?,13?/m1/s1. The van der Waals surface area contributed by atoms with Crippen molar-refractivity contribution in [1.82, 2.24) is 0 Å². The maximum Gasteiger partial charge on any atom is 0.0762 e. The van der Waals surface area contributed by atoms with Gasteiger partial charge in [0, 0.05) is 17.6 Å². The molecule has 1 aromatic carbocycles. The van der Waals surface area contributed by atoms with Crippen LogP contribution in [-0.4, -0.2) is 18.2 Å². The van der Waals surface area contributed by atoms with Crippen molar-refractivity contribution in [1.29, 1.82) is 0 Å². The fourth-order valence-corrected chi connectivity index (χ4v) is 4.12. The van der Waals surface area contributed by atoms with Crippen molar-refractivity contribution in [2.24, 2.45) is 11.8 Å². The summed E-state index contributed by atoms with van der Waals surface area (Å²) in [6.45, 7) is 4.22. The topological polar surface area (TPSA) is 23.5 Å². The molecule has 1 aromatic rings. The summed E-state index contributed by atoms with van der Waals surface area (Å²) in [7, 11) is 0. The Morgan fingerprint density at radius 1 is 1.28 bits per heavy atom. The van der Waals surface area contributed by atoms with Crippen LogP contribution in [-0.2, 0) is 0 Å². The van der Waals surface area contributed by atoms with E-state index in [9.17, 15) is 5.11 Å². The molecular formula is C15H20BrNO. The van der Waals surface area contributed by atoms with Crippen molar-refractivity contribution in [2.75, 3.05) is 18.0 Å². The monoisotopic (exact) mass is 309 g/mol. The summed E-state index contributed by atoms with van der Waals surface area (Å²) < 4.78 is 1.11. The molecule has 3 atom stereocenters. The third-order valence-electron chi connectivity index (χ3n) is 4.52. The lowest BCUT2D eigenvalue weighted by Crippen LogP contribution is -2.21. The average molecular weight is 310 g/mol. The third-order valence-corrected chi connectivity index (χ3v) is 5.16. The van der Waals surface area contributed by atoms with Gasteiger partial charge in [0.2, 0.25) is 0 Å². The molecule has 1 aliphatic carbocycles. The van der Waals surface area contributed by atoms with Gasteiger partial charge in [0.25, 0.3) is 0 Å². The first-order chi connectivity index (χ1) is 8.65. The van der Waals surface area contributed by atoms with E-state index in [-0.39, 0.29) is 0 Å². The lowest BCUT2D eigenvalue weighted by atomic mass is 10.0. The Morgan fingerprint density at radius 3 is 2.50 bits per heavy atom. The van der Waals surface area contributed by atoms with Crippen molar-refractivity contribution >= 4 is 21.6 Å². The van der Waals surface area contributed by atoms with E-state index < -0.39 is 6.10 Å². The smallest absolute Gasteiger partial charge is 0.0762 e. The van der Waals surface area contributed by atoms with Crippen molar-refractivity contribution in [3.8, 4) is 0 Å². The zero-order chi connectivity index (χ0) is 12.7. The van der Waals surface area contributed by atoms with Gasteiger partial charge in [-0.15, -0.1) is 0 Å². The van der Waals surface area contributed by atoms with Crippen LogP contribution in [0.3, 0.4) is 0 Å². The van der Waals surface area contributed by atoms with Gasteiger partial charge >= 0.3 is 0 Å². The molecule has 0 aromatic heterocycles. The summed E-state index contributed by atoms with van der Waals surface area (Å²) in [5.41, 5.74) is 2.26. The van der Waals surface area contributed by atoms with E-state index in [1.165, 1.54) is 38.0 Å². The second-order valence-electron chi connectivity index (χ2n) is 5.74. The van der Waals surface area contributed by atoms with Crippen molar-refractivity contribution < 1.29 is 5.11 Å². The largest absolute Gasteiger partial charge is 0.389 e. The third kappa shape index (κ3) is 2.19. The molecule has 2 fully saturated rings. The Balaban J connectivity index is 1.81. The van der Waals surface area contributed by atoms with Gasteiger partial charge in [0.1, 0.15) is 0 Å². The van der Waals surface area contributed by atoms with E-state index in [0.717, 1.165) is 21.9 Å². The first-order valence-electron chi connectivity index (χ1n) is 6.87. The number of hydrogen-bond donors (Lipinski definition) is 1. The minimum atomic E-state index is -0.395. The number of hydrogen-bond acceptors (Lipinski definition) is 2. The van der Waals surface area contributed by atoms with Crippen LogP contribution in [0.15, 0.2) is 22.7 Å². The molecular weight excluding hydrogens is 290 g/mol. The molecule has 1 saturated heterocycles. The lowest BCUT2D eigenvalue weighted by Gasteiger charge is -2.22. The van der Waals surface area contributed by atoms with E-state index in [1.807, 2.05) is 19.1 Å². The summed E-state index contributed by atoms with van der Waals surface area (Å²) in [4.78, 5) is 2.50. The number of nitrogens with zero attached hydrogens (tertiary/aromatic N) is 1. The Morgan fingerprint density at radius 2 is 1.94 bits per heavy atom. The highest BCUT2D eigenvalue weighted by atomic mass is 79.9. The van der Waals surface area contributed by atoms with Crippen LogP contribution in [0.5, 0.6) is 0 Å². The first-order valence-corrected chi connectivity index (χ1v) is 7.67. The molecule has 0 amide bonds. The highest BCUT2D eigenvalue weighted by molar-refractivity contribution is 9.10. The van der Waals surface area contributed by atoms with Crippen LogP contribution < -0.4 is 4.90 Å². The van der Waals surface area contributed by atoms with E-state index in [2.05, 4.69) is 26.9 Å². The Hall–Kier alpha value is -0.540. The average Bonchev–Trinajstić information content (AvgIpc) is 2.88. The second kappa shape index (κ2) is 4.86. The fourth-order valence-electron chi connectivity index (χ4n) is 3.47. The number of benzene rings is 1.